The zero-order chi connectivity index (χ0) is 20.9. The van der Waals surface area contributed by atoms with Crippen LogP contribution in [0.25, 0.3) is 0 Å². The van der Waals surface area contributed by atoms with Crippen molar-refractivity contribution in [3.8, 4) is 0 Å². The lowest BCUT2D eigenvalue weighted by Crippen LogP contribution is -2.48. The van der Waals surface area contributed by atoms with Crippen LogP contribution in [0.15, 0.2) is 42.5 Å². The number of carbonyl (C=O) groups is 1. The molecular weight excluding hydrogens is 372 g/mol. The minimum absolute atomic E-state index is 0.297. The number of benzene rings is 2. The largest absolute Gasteiger partial charge is 0.354 e. The van der Waals surface area contributed by atoms with E-state index in [-0.39, 0.29) is 5.91 Å². The number of nitrogens with one attached hydrogen (secondary N) is 1. The normalized spacial score (nSPS) is 12.5. The summed E-state index contributed by atoms with van der Waals surface area (Å²) in [6.07, 6.45) is 2.79. The van der Waals surface area contributed by atoms with Crippen molar-refractivity contribution in [2.45, 2.75) is 46.6 Å². The molecule has 0 radical (unpaired) electrons. The van der Waals surface area contributed by atoms with E-state index in [2.05, 4.69) is 30.4 Å². The highest BCUT2D eigenvalue weighted by molar-refractivity contribution is 7.92. The number of anilines is 1. The van der Waals surface area contributed by atoms with Crippen LogP contribution in [0.2, 0.25) is 0 Å². The number of carbonyl (C=O) groups excluding carboxylic acids is 1. The Bertz CT molecular complexity index is 918. The highest BCUT2D eigenvalue weighted by Gasteiger charge is 2.29. The van der Waals surface area contributed by atoms with Crippen molar-refractivity contribution >= 4 is 21.6 Å². The number of hydrogen-bond acceptors (Lipinski definition) is 3. The molecule has 0 aromatic heterocycles. The molecule has 1 atom stereocenters. The van der Waals surface area contributed by atoms with Gasteiger partial charge in [-0.25, -0.2) is 8.42 Å². The molecule has 1 amide bonds. The molecule has 0 heterocycles. The third kappa shape index (κ3) is 6.09. The van der Waals surface area contributed by atoms with Crippen LogP contribution in [0.3, 0.4) is 0 Å². The summed E-state index contributed by atoms with van der Waals surface area (Å²) in [6.45, 7) is 8.00. The predicted molar refractivity (Wildman–Crippen MR) is 115 cm³/mol. The number of nitrogens with zero attached hydrogens (tertiary/aromatic N) is 1. The molecule has 0 aliphatic rings. The lowest BCUT2D eigenvalue weighted by atomic mass is 10.1. The molecule has 0 spiro atoms. The van der Waals surface area contributed by atoms with Gasteiger partial charge in [0.05, 0.1) is 11.9 Å². The molecule has 2 aromatic rings. The van der Waals surface area contributed by atoms with Gasteiger partial charge in [0.1, 0.15) is 6.04 Å². The lowest BCUT2D eigenvalue weighted by Gasteiger charge is -2.28. The molecule has 0 saturated carbocycles. The van der Waals surface area contributed by atoms with Crippen molar-refractivity contribution in [3.63, 3.8) is 0 Å². The molecular formula is C22H30N2O3S. The third-order valence-electron chi connectivity index (χ3n) is 4.57. The smallest absolute Gasteiger partial charge is 0.243 e. The highest BCUT2D eigenvalue weighted by Crippen LogP contribution is 2.23. The van der Waals surface area contributed by atoms with Crippen molar-refractivity contribution in [2.75, 3.05) is 17.1 Å². The van der Waals surface area contributed by atoms with Crippen molar-refractivity contribution in [3.05, 3.63) is 64.7 Å². The molecule has 5 nitrogen and oxygen atoms in total. The first-order valence-electron chi connectivity index (χ1n) is 9.49. The molecule has 2 rings (SSSR count). The Labute approximate surface area is 168 Å². The summed E-state index contributed by atoms with van der Waals surface area (Å²) in [4.78, 5) is 12.6. The SMILES string of the molecule is Cc1cccc(CCCNC(=O)[C@H](C)N(c2cc(C)cc(C)c2)S(C)(=O)=O)c1. The Kier molecular flexibility index (Phi) is 7.24. The van der Waals surface area contributed by atoms with E-state index in [9.17, 15) is 13.2 Å². The second-order valence-electron chi connectivity index (χ2n) is 7.46. The minimum atomic E-state index is -3.60. The van der Waals surface area contributed by atoms with Crippen molar-refractivity contribution in [1.82, 2.24) is 5.32 Å². The molecule has 0 aliphatic heterocycles. The molecule has 1 N–H and O–H groups in total. The molecule has 0 unspecified atom stereocenters. The van der Waals surface area contributed by atoms with Crippen molar-refractivity contribution < 1.29 is 13.2 Å². The monoisotopic (exact) mass is 402 g/mol. The number of hydrogen-bond donors (Lipinski definition) is 1. The number of amides is 1. The van der Waals surface area contributed by atoms with Crippen LogP contribution in [0.4, 0.5) is 5.69 Å². The quantitative estimate of drug-likeness (QED) is 0.687. The highest BCUT2D eigenvalue weighted by atomic mass is 32.2. The molecule has 0 bridgehead atoms. The zero-order valence-electron chi connectivity index (χ0n) is 17.3. The van der Waals surface area contributed by atoms with Gasteiger partial charge in [-0.15, -0.1) is 0 Å². The summed E-state index contributed by atoms with van der Waals surface area (Å²) in [5.41, 5.74) is 4.87. The van der Waals surface area contributed by atoms with Crippen LogP contribution in [-0.4, -0.2) is 33.2 Å². The predicted octanol–water partition coefficient (Wildman–Crippen LogP) is 3.52. The van der Waals surface area contributed by atoms with Gasteiger partial charge in [0, 0.05) is 6.54 Å². The summed E-state index contributed by atoms with van der Waals surface area (Å²) in [5, 5.41) is 2.87. The average molecular weight is 403 g/mol. The van der Waals surface area contributed by atoms with Gasteiger partial charge in [0.15, 0.2) is 0 Å². The summed E-state index contributed by atoms with van der Waals surface area (Å²) in [7, 11) is -3.60. The van der Waals surface area contributed by atoms with E-state index in [0.29, 0.717) is 12.2 Å². The van der Waals surface area contributed by atoms with E-state index in [1.54, 1.807) is 19.1 Å². The fourth-order valence-electron chi connectivity index (χ4n) is 3.41. The fourth-order valence-corrected chi connectivity index (χ4v) is 4.56. The Morgan fingerprint density at radius 3 is 2.25 bits per heavy atom. The molecule has 152 valence electrons. The summed E-state index contributed by atoms with van der Waals surface area (Å²) in [6, 6.07) is 13.0. The van der Waals surface area contributed by atoms with Gasteiger partial charge in [0.2, 0.25) is 15.9 Å². The topological polar surface area (TPSA) is 66.5 Å². The van der Waals surface area contributed by atoms with Crippen LogP contribution >= 0.6 is 0 Å². The molecule has 2 aromatic carbocycles. The van der Waals surface area contributed by atoms with Crippen LogP contribution in [-0.2, 0) is 21.2 Å². The molecule has 0 saturated heterocycles. The number of aryl methyl sites for hydroxylation is 4. The average Bonchev–Trinajstić information content (AvgIpc) is 2.56. The van der Waals surface area contributed by atoms with Crippen molar-refractivity contribution in [2.24, 2.45) is 0 Å². The van der Waals surface area contributed by atoms with Crippen molar-refractivity contribution in [1.29, 1.82) is 0 Å². The molecule has 0 aliphatic carbocycles. The summed E-state index contributed by atoms with van der Waals surface area (Å²) >= 11 is 0. The van der Waals surface area contributed by atoms with Gasteiger partial charge in [-0.05, 0) is 69.4 Å². The van der Waals surface area contributed by atoms with E-state index in [1.165, 1.54) is 15.4 Å². The van der Waals surface area contributed by atoms with E-state index < -0.39 is 16.1 Å². The maximum absolute atomic E-state index is 12.6. The van der Waals surface area contributed by atoms with Gasteiger partial charge in [0.25, 0.3) is 0 Å². The Morgan fingerprint density at radius 2 is 1.68 bits per heavy atom. The van der Waals surface area contributed by atoms with E-state index in [0.717, 1.165) is 30.2 Å². The standard InChI is InChI=1S/C22H30N2O3S/c1-16-8-6-9-20(13-16)10-7-11-23-22(25)19(4)24(28(5,26)27)21-14-17(2)12-18(3)15-21/h6,8-9,12-15,19H,7,10-11H2,1-5H3,(H,23,25)/t19-/m0/s1. The minimum Gasteiger partial charge on any atom is -0.354 e. The second-order valence-corrected chi connectivity index (χ2v) is 9.32. The number of sulfonamides is 1. The maximum Gasteiger partial charge on any atom is 0.243 e. The van der Waals surface area contributed by atoms with Gasteiger partial charge in [-0.3, -0.25) is 9.10 Å². The second kappa shape index (κ2) is 9.24. The fraction of sp³-hybridized carbons (Fsp3) is 0.409. The Balaban J connectivity index is 2.03. The van der Waals surface area contributed by atoms with E-state index >= 15 is 0 Å². The maximum atomic E-state index is 12.6. The lowest BCUT2D eigenvalue weighted by molar-refractivity contribution is -0.121. The molecule has 0 fully saturated rings. The van der Waals surface area contributed by atoms with E-state index in [1.807, 2.05) is 26.0 Å². The molecule has 28 heavy (non-hydrogen) atoms. The summed E-state index contributed by atoms with van der Waals surface area (Å²) < 4.78 is 26.0. The Hall–Kier alpha value is -2.34. The third-order valence-corrected chi connectivity index (χ3v) is 5.82. The molecule has 6 heteroatoms. The first-order valence-corrected chi connectivity index (χ1v) is 11.3. The van der Waals surface area contributed by atoms with Crippen LogP contribution < -0.4 is 9.62 Å². The zero-order valence-corrected chi connectivity index (χ0v) is 18.1. The Morgan fingerprint density at radius 1 is 1.04 bits per heavy atom. The van der Waals surface area contributed by atoms with Crippen LogP contribution in [0.5, 0.6) is 0 Å². The number of rotatable bonds is 8. The van der Waals surface area contributed by atoms with Gasteiger partial charge >= 0.3 is 0 Å². The first-order chi connectivity index (χ1) is 13.1. The van der Waals surface area contributed by atoms with Crippen LogP contribution in [0, 0.1) is 20.8 Å². The van der Waals surface area contributed by atoms with E-state index in [4.69, 9.17) is 0 Å². The first kappa shape index (κ1) is 22.0. The van der Waals surface area contributed by atoms with Crippen LogP contribution in [0.1, 0.15) is 35.6 Å². The van der Waals surface area contributed by atoms with Gasteiger partial charge < -0.3 is 5.32 Å². The summed E-state index contributed by atoms with van der Waals surface area (Å²) in [5.74, 6) is -0.297. The van der Waals surface area contributed by atoms with Gasteiger partial charge in [-0.2, -0.15) is 0 Å². The van der Waals surface area contributed by atoms with Gasteiger partial charge in [-0.1, -0.05) is 35.9 Å².